The maximum Gasteiger partial charge on any atom is 0.269 e. The van der Waals surface area contributed by atoms with Crippen LogP contribution in [0, 0.1) is 0 Å². The average Bonchev–Trinajstić information content (AvgIpc) is 2.60. The van der Waals surface area contributed by atoms with Gasteiger partial charge >= 0.3 is 0 Å². The Hall–Kier alpha value is -2.69. The Bertz CT molecular complexity index is 656. The SMILES string of the molecule is CCCNC(=O)c1cccc(C(=O)NCCc2ccccc2)n1. The Labute approximate surface area is 136 Å². The highest BCUT2D eigenvalue weighted by molar-refractivity contribution is 5.96. The number of nitrogens with zero attached hydrogens (tertiary/aromatic N) is 1. The van der Waals surface area contributed by atoms with Gasteiger partial charge in [0, 0.05) is 13.1 Å². The van der Waals surface area contributed by atoms with Crippen LogP contribution in [0.3, 0.4) is 0 Å². The van der Waals surface area contributed by atoms with Gasteiger partial charge in [0.15, 0.2) is 0 Å². The normalized spacial score (nSPS) is 10.1. The van der Waals surface area contributed by atoms with Crippen molar-refractivity contribution in [2.45, 2.75) is 19.8 Å². The number of rotatable bonds is 7. The Balaban J connectivity index is 1.90. The summed E-state index contributed by atoms with van der Waals surface area (Å²) in [5.41, 5.74) is 1.67. The van der Waals surface area contributed by atoms with Crippen LogP contribution in [0.2, 0.25) is 0 Å². The zero-order valence-electron chi connectivity index (χ0n) is 13.2. The summed E-state index contributed by atoms with van der Waals surface area (Å²) in [5, 5.41) is 5.57. The molecule has 0 aliphatic rings. The smallest absolute Gasteiger partial charge is 0.269 e. The first-order chi connectivity index (χ1) is 11.2. The summed E-state index contributed by atoms with van der Waals surface area (Å²) in [6, 6.07) is 14.8. The Morgan fingerprint density at radius 1 is 0.870 bits per heavy atom. The van der Waals surface area contributed by atoms with Crippen molar-refractivity contribution >= 4 is 11.8 Å². The van der Waals surface area contributed by atoms with Gasteiger partial charge in [-0.05, 0) is 30.5 Å². The second-order valence-electron chi connectivity index (χ2n) is 5.16. The van der Waals surface area contributed by atoms with E-state index in [1.54, 1.807) is 18.2 Å². The molecule has 2 N–H and O–H groups in total. The molecule has 0 fully saturated rings. The van der Waals surface area contributed by atoms with Gasteiger partial charge in [-0.25, -0.2) is 4.98 Å². The van der Waals surface area contributed by atoms with Crippen molar-refractivity contribution in [3.05, 3.63) is 65.5 Å². The molecule has 0 bridgehead atoms. The van der Waals surface area contributed by atoms with Gasteiger partial charge in [0.2, 0.25) is 0 Å². The van der Waals surface area contributed by atoms with E-state index < -0.39 is 0 Å². The van der Waals surface area contributed by atoms with Gasteiger partial charge in [0.1, 0.15) is 11.4 Å². The van der Waals surface area contributed by atoms with Gasteiger partial charge in [0.25, 0.3) is 11.8 Å². The molecule has 0 radical (unpaired) electrons. The molecule has 1 aromatic heterocycles. The molecule has 2 amide bonds. The molecular weight excluding hydrogens is 290 g/mol. The van der Waals surface area contributed by atoms with Crippen LogP contribution in [0.4, 0.5) is 0 Å². The fraction of sp³-hybridized carbons (Fsp3) is 0.278. The van der Waals surface area contributed by atoms with E-state index in [-0.39, 0.29) is 23.2 Å². The van der Waals surface area contributed by atoms with E-state index in [2.05, 4.69) is 15.6 Å². The van der Waals surface area contributed by atoms with Gasteiger partial charge < -0.3 is 10.6 Å². The second kappa shape index (κ2) is 8.68. The van der Waals surface area contributed by atoms with Crippen molar-refractivity contribution in [2.24, 2.45) is 0 Å². The van der Waals surface area contributed by atoms with Crippen LogP contribution < -0.4 is 10.6 Å². The van der Waals surface area contributed by atoms with E-state index in [9.17, 15) is 9.59 Å². The minimum Gasteiger partial charge on any atom is -0.351 e. The number of hydrogen-bond acceptors (Lipinski definition) is 3. The molecule has 120 valence electrons. The predicted molar refractivity (Wildman–Crippen MR) is 89.3 cm³/mol. The van der Waals surface area contributed by atoms with Crippen molar-refractivity contribution in [2.75, 3.05) is 13.1 Å². The number of hydrogen-bond donors (Lipinski definition) is 2. The van der Waals surface area contributed by atoms with E-state index in [1.165, 1.54) is 0 Å². The summed E-state index contributed by atoms with van der Waals surface area (Å²) in [5.74, 6) is -0.531. The van der Waals surface area contributed by atoms with Crippen LogP contribution in [-0.2, 0) is 6.42 Å². The Morgan fingerprint density at radius 3 is 2.09 bits per heavy atom. The van der Waals surface area contributed by atoms with E-state index in [0.29, 0.717) is 13.1 Å². The van der Waals surface area contributed by atoms with Crippen LogP contribution in [0.5, 0.6) is 0 Å². The lowest BCUT2D eigenvalue weighted by Gasteiger charge is -2.07. The molecule has 5 heteroatoms. The molecule has 0 spiro atoms. The van der Waals surface area contributed by atoms with E-state index in [1.807, 2.05) is 37.3 Å². The summed E-state index contributed by atoms with van der Waals surface area (Å²) in [7, 11) is 0. The highest BCUT2D eigenvalue weighted by Crippen LogP contribution is 2.01. The van der Waals surface area contributed by atoms with Crippen molar-refractivity contribution in [1.29, 1.82) is 0 Å². The highest BCUT2D eigenvalue weighted by atomic mass is 16.2. The largest absolute Gasteiger partial charge is 0.351 e. The summed E-state index contributed by atoms with van der Waals surface area (Å²) in [4.78, 5) is 28.1. The molecule has 0 aliphatic carbocycles. The fourth-order valence-corrected chi connectivity index (χ4v) is 2.07. The monoisotopic (exact) mass is 311 g/mol. The second-order valence-corrected chi connectivity index (χ2v) is 5.16. The van der Waals surface area contributed by atoms with Gasteiger partial charge in [-0.2, -0.15) is 0 Å². The fourth-order valence-electron chi connectivity index (χ4n) is 2.07. The molecule has 0 atom stereocenters. The topological polar surface area (TPSA) is 71.1 Å². The zero-order chi connectivity index (χ0) is 16.5. The van der Waals surface area contributed by atoms with Crippen molar-refractivity contribution in [3.8, 4) is 0 Å². The van der Waals surface area contributed by atoms with Crippen LogP contribution in [-0.4, -0.2) is 29.9 Å². The van der Waals surface area contributed by atoms with Crippen molar-refractivity contribution in [1.82, 2.24) is 15.6 Å². The number of pyridine rings is 1. The first-order valence-corrected chi connectivity index (χ1v) is 7.78. The van der Waals surface area contributed by atoms with Crippen molar-refractivity contribution < 1.29 is 9.59 Å². The summed E-state index contributed by atoms with van der Waals surface area (Å²) >= 11 is 0. The number of aromatic nitrogens is 1. The number of nitrogens with one attached hydrogen (secondary N) is 2. The molecule has 0 unspecified atom stereocenters. The minimum atomic E-state index is -0.272. The quantitative estimate of drug-likeness (QED) is 0.823. The maximum absolute atomic E-state index is 12.1. The van der Waals surface area contributed by atoms with Crippen LogP contribution in [0.25, 0.3) is 0 Å². The lowest BCUT2D eigenvalue weighted by molar-refractivity contribution is 0.0944. The summed E-state index contributed by atoms with van der Waals surface area (Å²) in [6.45, 7) is 3.09. The lowest BCUT2D eigenvalue weighted by Crippen LogP contribution is -2.29. The standard InChI is InChI=1S/C18H21N3O2/c1-2-12-19-17(22)15-9-6-10-16(21-15)18(23)20-13-11-14-7-4-3-5-8-14/h3-10H,2,11-13H2,1H3,(H,19,22)(H,20,23). The predicted octanol–water partition coefficient (Wildman–Crippen LogP) is 2.19. The van der Waals surface area contributed by atoms with E-state index >= 15 is 0 Å². The Morgan fingerprint density at radius 2 is 1.48 bits per heavy atom. The minimum absolute atomic E-state index is 0.252. The lowest BCUT2D eigenvalue weighted by atomic mass is 10.1. The molecular formula is C18H21N3O2. The third-order valence-corrected chi connectivity index (χ3v) is 3.29. The Kier molecular flexibility index (Phi) is 6.29. The third kappa shape index (κ3) is 5.21. The molecule has 0 saturated carbocycles. The van der Waals surface area contributed by atoms with E-state index in [4.69, 9.17) is 0 Å². The number of benzene rings is 1. The van der Waals surface area contributed by atoms with Crippen molar-refractivity contribution in [3.63, 3.8) is 0 Å². The zero-order valence-corrected chi connectivity index (χ0v) is 13.2. The van der Waals surface area contributed by atoms with Gasteiger partial charge in [0.05, 0.1) is 0 Å². The number of carbonyl (C=O) groups excluding carboxylic acids is 2. The van der Waals surface area contributed by atoms with Crippen LogP contribution in [0.15, 0.2) is 48.5 Å². The van der Waals surface area contributed by atoms with Crippen LogP contribution >= 0.6 is 0 Å². The molecule has 5 nitrogen and oxygen atoms in total. The third-order valence-electron chi connectivity index (χ3n) is 3.29. The number of amides is 2. The van der Waals surface area contributed by atoms with E-state index in [0.717, 1.165) is 18.4 Å². The molecule has 2 rings (SSSR count). The van der Waals surface area contributed by atoms with Gasteiger partial charge in [-0.15, -0.1) is 0 Å². The molecule has 0 aliphatic heterocycles. The highest BCUT2D eigenvalue weighted by Gasteiger charge is 2.11. The molecule has 1 aromatic carbocycles. The van der Waals surface area contributed by atoms with Gasteiger partial charge in [-0.1, -0.05) is 43.3 Å². The molecule has 23 heavy (non-hydrogen) atoms. The van der Waals surface area contributed by atoms with Gasteiger partial charge in [-0.3, -0.25) is 9.59 Å². The van der Waals surface area contributed by atoms with Crippen LogP contribution in [0.1, 0.15) is 39.9 Å². The summed E-state index contributed by atoms with van der Waals surface area (Å²) < 4.78 is 0. The first kappa shape index (κ1) is 16.7. The molecule has 2 aromatic rings. The number of carbonyl (C=O) groups is 2. The maximum atomic E-state index is 12.1. The molecule has 1 heterocycles. The average molecular weight is 311 g/mol. The summed E-state index contributed by atoms with van der Waals surface area (Å²) in [6.07, 6.45) is 1.61. The first-order valence-electron chi connectivity index (χ1n) is 7.78. The molecule has 0 saturated heterocycles.